The molecule has 0 bridgehead atoms. The Morgan fingerprint density at radius 1 is 1.33 bits per heavy atom. The fraction of sp³-hybridized carbons (Fsp3) is 0.462. The molecule has 0 saturated heterocycles. The van der Waals surface area contributed by atoms with E-state index in [1.807, 2.05) is 6.92 Å². The molecule has 100 valence electrons. The Morgan fingerprint density at radius 3 is 2.50 bits per heavy atom. The van der Waals surface area contributed by atoms with Gasteiger partial charge in [-0.25, -0.2) is 4.79 Å². The summed E-state index contributed by atoms with van der Waals surface area (Å²) >= 11 is 0. The van der Waals surface area contributed by atoms with Crippen LogP contribution in [0.3, 0.4) is 0 Å². The summed E-state index contributed by atoms with van der Waals surface area (Å²) in [5.41, 5.74) is -0.787. The second kappa shape index (κ2) is 5.89. The quantitative estimate of drug-likeness (QED) is 0.769. The molecular weight excluding hydrogens is 245 g/mol. The molecule has 0 fully saturated rings. The minimum Gasteiger partial charge on any atom is -0.465 e. The van der Waals surface area contributed by atoms with Crippen LogP contribution in [0.5, 0.6) is 0 Å². The highest BCUT2D eigenvalue weighted by atomic mass is 19.4. The molecule has 1 aromatic rings. The number of alkyl halides is 3. The molecule has 0 N–H and O–H groups in total. The van der Waals surface area contributed by atoms with E-state index in [4.69, 9.17) is 0 Å². The van der Waals surface area contributed by atoms with Gasteiger partial charge in [-0.2, -0.15) is 13.2 Å². The number of hydrogen-bond acceptors (Lipinski definition) is 2. The third-order valence-corrected chi connectivity index (χ3v) is 2.61. The summed E-state index contributed by atoms with van der Waals surface area (Å²) in [6.45, 7) is 1.97. The lowest BCUT2D eigenvalue weighted by Gasteiger charge is -2.13. The maximum atomic E-state index is 12.8. The van der Waals surface area contributed by atoms with Gasteiger partial charge in [0, 0.05) is 0 Å². The van der Waals surface area contributed by atoms with Crippen LogP contribution in [0.25, 0.3) is 0 Å². The lowest BCUT2D eigenvalue weighted by molar-refractivity contribution is -0.138. The molecule has 1 aromatic carbocycles. The van der Waals surface area contributed by atoms with Gasteiger partial charge in [-0.3, -0.25) is 0 Å². The maximum Gasteiger partial charge on any atom is 0.417 e. The topological polar surface area (TPSA) is 26.3 Å². The lowest BCUT2D eigenvalue weighted by Crippen LogP contribution is -2.14. The second-order valence-electron chi connectivity index (χ2n) is 3.97. The Labute approximate surface area is 104 Å². The number of unbranched alkanes of at least 4 members (excludes halogenated alkanes) is 1. The van der Waals surface area contributed by atoms with Crippen molar-refractivity contribution in [3.05, 3.63) is 34.9 Å². The molecule has 0 amide bonds. The third kappa shape index (κ3) is 3.48. The number of benzene rings is 1. The lowest BCUT2D eigenvalue weighted by atomic mass is 10.0. The van der Waals surface area contributed by atoms with Crippen LogP contribution in [-0.4, -0.2) is 13.1 Å². The molecule has 0 aliphatic rings. The summed E-state index contributed by atoms with van der Waals surface area (Å²) < 4.78 is 42.9. The number of methoxy groups -OCH3 is 1. The summed E-state index contributed by atoms with van der Waals surface area (Å²) in [7, 11) is 1.06. The van der Waals surface area contributed by atoms with E-state index < -0.39 is 23.3 Å². The number of halogens is 3. The number of ether oxygens (including phenoxy) is 1. The first-order chi connectivity index (χ1) is 8.40. The Morgan fingerprint density at radius 2 is 2.00 bits per heavy atom. The van der Waals surface area contributed by atoms with E-state index in [-0.39, 0.29) is 0 Å². The normalized spacial score (nSPS) is 11.4. The highest BCUT2D eigenvalue weighted by Crippen LogP contribution is 2.33. The summed E-state index contributed by atoms with van der Waals surface area (Å²) in [6, 6.07) is 3.75. The zero-order valence-corrected chi connectivity index (χ0v) is 10.3. The predicted octanol–water partition coefficient (Wildman–Crippen LogP) is 3.83. The Bertz CT molecular complexity index is 425. The van der Waals surface area contributed by atoms with Gasteiger partial charge in [0.1, 0.15) is 0 Å². The molecule has 5 heteroatoms. The first kappa shape index (κ1) is 14.5. The van der Waals surface area contributed by atoms with E-state index in [0.29, 0.717) is 12.0 Å². The zero-order valence-electron chi connectivity index (χ0n) is 10.3. The van der Waals surface area contributed by atoms with Gasteiger partial charge in [0.25, 0.3) is 0 Å². The van der Waals surface area contributed by atoms with Crippen LogP contribution in [0.15, 0.2) is 18.2 Å². The first-order valence-corrected chi connectivity index (χ1v) is 5.68. The van der Waals surface area contributed by atoms with Gasteiger partial charge >= 0.3 is 12.1 Å². The van der Waals surface area contributed by atoms with Crippen LogP contribution in [-0.2, 0) is 17.3 Å². The van der Waals surface area contributed by atoms with Crippen molar-refractivity contribution in [1.29, 1.82) is 0 Å². The van der Waals surface area contributed by atoms with Crippen LogP contribution < -0.4 is 0 Å². The van der Waals surface area contributed by atoms with Crippen molar-refractivity contribution in [3.8, 4) is 0 Å². The van der Waals surface area contributed by atoms with Gasteiger partial charge in [-0.1, -0.05) is 19.4 Å². The molecule has 0 unspecified atom stereocenters. The molecule has 0 heterocycles. The van der Waals surface area contributed by atoms with Crippen LogP contribution in [0.2, 0.25) is 0 Å². The van der Waals surface area contributed by atoms with Gasteiger partial charge < -0.3 is 4.74 Å². The van der Waals surface area contributed by atoms with E-state index in [1.54, 1.807) is 0 Å². The zero-order chi connectivity index (χ0) is 13.8. The van der Waals surface area contributed by atoms with Crippen molar-refractivity contribution in [2.45, 2.75) is 32.4 Å². The number of carbonyl (C=O) groups is 1. The average molecular weight is 260 g/mol. The smallest absolute Gasteiger partial charge is 0.417 e. The molecule has 0 saturated carbocycles. The van der Waals surface area contributed by atoms with Crippen molar-refractivity contribution in [2.24, 2.45) is 0 Å². The Kier molecular flexibility index (Phi) is 4.76. The molecule has 0 spiro atoms. The van der Waals surface area contributed by atoms with Crippen molar-refractivity contribution in [3.63, 3.8) is 0 Å². The molecule has 2 nitrogen and oxygen atoms in total. The van der Waals surface area contributed by atoms with Gasteiger partial charge in [0.15, 0.2) is 0 Å². The van der Waals surface area contributed by atoms with E-state index in [1.165, 1.54) is 12.1 Å². The average Bonchev–Trinajstić information content (AvgIpc) is 2.34. The van der Waals surface area contributed by atoms with Gasteiger partial charge in [-0.05, 0) is 30.5 Å². The van der Waals surface area contributed by atoms with Crippen LogP contribution in [0, 0.1) is 0 Å². The predicted molar refractivity (Wildman–Crippen MR) is 61.4 cm³/mol. The summed E-state index contributed by atoms with van der Waals surface area (Å²) in [6.07, 6.45) is -2.26. The summed E-state index contributed by atoms with van der Waals surface area (Å²) in [4.78, 5) is 11.3. The molecular formula is C13H15F3O2. The van der Waals surface area contributed by atoms with Crippen molar-refractivity contribution in [1.82, 2.24) is 0 Å². The first-order valence-electron chi connectivity index (χ1n) is 5.68. The second-order valence-corrected chi connectivity index (χ2v) is 3.97. The van der Waals surface area contributed by atoms with E-state index >= 15 is 0 Å². The van der Waals surface area contributed by atoms with Crippen LogP contribution in [0.4, 0.5) is 13.2 Å². The van der Waals surface area contributed by atoms with Crippen molar-refractivity contribution < 1.29 is 22.7 Å². The van der Waals surface area contributed by atoms with E-state index in [0.717, 1.165) is 26.0 Å². The minimum atomic E-state index is -4.55. The number of esters is 1. The van der Waals surface area contributed by atoms with Gasteiger partial charge in [0.2, 0.25) is 0 Å². The summed E-state index contributed by atoms with van der Waals surface area (Å²) in [5, 5.41) is 0. The van der Waals surface area contributed by atoms with Gasteiger partial charge in [0.05, 0.1) is 18.2 Å². The number of hydrogen-bond donors (Lipinski definition) is 0. The molecule has 0 aliphatic carbocycles. The highest BCUT2D eigenvalue weighted by Gasteiger charge is 2.35. The fourth-order valence-electron chi connectivity index (χ4n) is 1.65. The standard InChI is InChI=1S/C13H15F3O2/c1-3-4-5-9-6-7-10(12(17)18-2)11(8-9)13(14,15)16/h6-8H,3-5H2,1-2H3. The van der Waals surface area contributed by atoms with Crippen LogP contribution in [0.1, 0.15) is 41.3 Å². The molecule has 0 aliphatic heterocycles. The molecule has 1 rings (SSSR count). The Balaban J connectivity index is 3.17. The Hall–Kier alpha value is -1.52. The van der Waals surface area contributed by atoms with Gasteiger partial charge in [-0.15, -0.1) is 0 Å². The number of aryl methyl sites for hydroxylation is 1. The van der Waals surface area contributed by atoms with Crippen molar-refractivity contribution >= 4 is 5.97 Å². The summed E-state index contributed by atoms with van der Waals surface area (Å²) in [5.74, 6) is -0.968. The molecule has 0 radical (unpaired) electrons. The number of rotatable bonds is 4. The number of carbonyl (C=O) groups excluding carboxylic acids is 1. The molecule has 0 atom stereocenters. The highest BCUT2D eigenvalue weighted by molar-refractivity contribution is 5.91. The third-order valence-electron chi connectivity index (χ3n) is 2.61. The SMILES string of the molecule is CCCCc1ccc(C(=O)OC)c(C(F)(F)F)c1. The van der Waals surface area contributed by atoms with Crippen molar-refractivity contribution in [2.75, 3.05) is 7.11 Å². The van der Waals surface area contributed by atoms with E-state index in [9.17, 15) is 18.0 Å². The largest absolute Gasteiger partial charge is 0.465 e. The molecule has 18 heavy (non-hydrogen) atoms. The maximum absolute atomic E-state index is 12.8. The minimum absolute atomic E-state index is 0.440. The molecule has 0 aromatic heterocycles. The monoisotopic (exact) mass is 260 g/mol. The van der Waals surface area contributed by atoms with E-state index in [2.05, 4.69) is 4.74 Å². The van der Waals surface area contributed by atoms with Crippen LogP contribution >= 0.6 is 0 Å². The fourth-order valence-corrected chi connectivity index (χ4v) is 1.65.